The third-order valence-electron chi connectivity index (χ3n) is 5.37. The minimum atomic E-state index is -3.79. The first-order valence-corrected chi connectivity index (χ1v) is 9.20. The molecule has 0 amide bonds. The van der Waals surface area contributed by atoms with Gasteiger partial charge in [-0.1, -0.05) is 13.0 Å². The maximum Gasteiger partial charge on any atom is 0.336 e. The molecule has 126 valence electrons. The number of aryl methyl sites for hydroxylation is 1. The number of carboxylic acid groups (broad SMARTS) is 1. The Morgan fingerprint density at radius 2 is 2.22 bits per heavy atom. The molecular weight excluding hydrogens is 321 g/mol. The molecule has 1 aliphatic carbocycles. The Morgan fingerprint density at radius 1 is 1.48 bits per heavy atom. The molecule has 2 fully saturated rings. The van der Waals surface area contributed by atoms with E-state index in [1.54, 1.807) is 6.07 Å². The van der Waals surface area contributed by atoms with Crippen LogP contribution in [-0.4, -0.2) is 43.6 Å². The molecule has 7 heteroatoms. The van der Waals surface area contributed by atoms with Crippen molar-refractivity contribution in [3.8, 4) is 0 Å². The van der Waals surface area contributed by atoms with Gasteiger partial charge in [0.25, 0.3) is 0 Å². The minimum absolute atomic E-state index is 0.0101. The van der Waals surface area contributed by atoms with Gasteiger partial charge in [-0.25, -0.2) is 13.2 Å². The average molecular weight is 341 g/mol. The summed E-state index contributed by atoms with van der Waals surface area (Å²) >= 11 is 0. The molecule has 23 heavy (non-hydrogen) atoms. The van der Waals surface area contributed by atoms with Gasteiger partial charge in [0.1, 0.15) is 0 Å². The van der Waals surface area contributed by atoms with Crippen molar-refractivity contribution in [2.24, 2.45) is 11.3 Å². The number of aromatic carboxylic acids is 1. The Bertz CT molecular complexity index is 744. The topological polar surface area (TPSA) is 74.7 Å². The van der Waals surface area contributed by atoms with E-state index >= 15 is 0 Å². The van der Waals surface area contributed by atoms with Gasteiger partial charge in [-0.2, -0.15) is 4.31 Å². The molecule has 0 aromatic heterocycles. The second-order valence-corrected chi connectivity index (χ2v) is 8.44. The monoisotopic (exact) mass is 341 g/mol. The van der Waals surface area contributed by atoms with Gasteiger partial charge < -0.3 is 5.11 Å². The number of halogens is 1. The highest BCUT2D eigenvalue weighted by Gasteiger charge is 2.55. The van der Waals surface area contributed by atoms with Crippen LogP contribution in [0.2, 0.25) is 0 Å². The summed E-state index contributed by atoms with van der Waals surface area (Å²) in [4.78, 5) is 11.3. The lowest BCUT2D eigenvalue weighted by atomic mass is 9.63. The molecule has 2 atom stereocenters. The number of rotatable bonds is 5. The molecule has 1 aliphatic heterocycles. The molecule has 1 heterocycles. The van der Waals surface area contributed by atoms with Gasteiger partial charge in [-0.15, -0.1) is 0 Å². The number of fused-ring (bicyclic) bond motifs is 1. The number of hydrogen-bond acceptors (Lipinski definition) is 3. The normalized spacial score (nSPS) is 27.5. The lowest BCUT2D eigenvalue weighted by molar-refractivity contribution is 0.0524. The average Bonchev–Trinajstić information content (AvgIpc) is 2.78. The Hall–Kier alpha value is -1.47. The Labute approximate surface area is 135 Å². The molecule has 1 aromatic carbocycles. The summed E-state index contributed by atoms with van der Waals surface area (Å²) in [6.07, 6.45) is 2.08. The Kier molecular flexibility index (Phi) is 3.96. The summed E-state index contributed by atoms with van der Waals surface area (Å²) in [7, 11) is -3.79. The zero-order valence-corrected chi connectivity index (χ0v) is 13.8. The number of sulfonamides is 1. The van der Waals surface area contributed by atoms with E-state index in [1.807, 2.05) is 6.92 Å². The molecule has 1 N–H and O–H groups in total. The van der Waals surface area contributed by atoms with Gasteiger partial charge in [-0.05, 0) is 42.9 Å². The Balaban J connectivity index is 1.95. The van der Waals surface area contributed by atoms with Crippen LogP contribution < -0.4 is 0 Å². The van der Waals surface area contributed by atoms with Crippen molar-refractivity contribution in [3.05, 3.63) is 29.3 Å². The van der Waals surface area contributed by atoms with Gasteiger partial charge in [0.2, 0.25) is 10.0 Å². The minimum Gasteiger partial charge on any atom is -0.478 e. The summed E-state index contributed by atoms with van der Waals surface area (Å²) in [5, 5.41) is 9.27. The quantitative estimate of drug-likeness (QED) is 0.892. The third kappa shape index (κ3) is 2.46. The number of alkyl halides is 1. The van der Waals surface area contributed by atoms with Gasteiger partial charge in [0.05, 0.1) is 17.1 Å². The lowest BCUT2D eigenvalue weighted by Crippen LogP contribution is -2.41. The van der Waals surface area contributed by atoms with Gasteiger partial charge in [0, 0.05) is 18.5 Å². The van der Waals surface area contributed by atoms with Crippen LogP contribution in [0.15, 0.2) is 23.1 Å². The van der Waals surface area contributed by atoms with E-state index in [4.69, 9.17) is 0 Å². The molecule has 0 radical (unpaired) electrons. The maximum absolute atomic E-state index is 13.3. The van der Waals surface area contributed by atoms with Crippen LogP contribution >= 0.6 is 0 Å². The number of carboxylic acids is 1. The highest BCUT2D eigenvalue weighted by atomic mass is 32.2. The molecule has 1 aromatic rings. The largest absolute Gasteiger partial charge is 0.478 e. The van der Waals surface area contributed by atoms with Crippen LogP contribution in [0, 0.1) is 11.3 Å². The lowest BCUT2D eigenvalue weighted by Gasteiger charge is -2.41. The van der Waals surface area contributed by atoms with Crippen molar-refractivity contribution < 1.29 is 22.7 Å². The molecule has 0 spiro atoms. The highest BCUT2D eigenvalue weighted by molar-refractivity contribution is 7.89. The summed E-state index contributed by atoms with van der Waals surface area (Å²) in [6.45, 7) is 1.83. The molecular formula is C16H20FNO4S. The van der Waals surface area contributed by atoms with Crippen LogP contribution in [0.1, 0.15) is 35.7 Å². The fourth-order valence-corrected chi connectivity index (χ4v) is 5.29. The van der Waals surface area contributed by atoms with Crippen molar-refractivity contribution in [3.63, 3.8) is 0 Å². The van der Waals surface area contributed by atoms with E-state index in [1.165, 1.54) is 16.4 Å². The molecule has 1 saturated carbocycles. The summed E-state index contributed by atoms with van der Waals surface area (Å²) in [5.41, 5.74) is 0.0839. The molecule has 0 unspecified atom stereocenters. The summed E-state index contributed by atoms with van der Waals surface area (Å²) in [5.74, 6) is -1.06. The van der Waals surface area contributed by atoms with E-state index in [9.17, 15) is 22.7 Å². The van der Waals surface area contributed by atoms with Crippen molar-refractivity contribution in [1.82, 2.24) is 4.31 Å². The van der Waals surface area contributed by atoms with Crippen molar-refractivity contribution >= 4 is 16.0 Å². The van der Waals surface area contributed by atoms with Crippen molar-refractivity contribution in [2.75, 3.05) is 19.8 Å². The third-order valence-corrected chi connectivity index (χ3v) is 7.18. The molecule has 0 bridgehead atoms. The van der Waals surface area contributed by atoms with Crippen LogP contribution in [0.5, 0.6) is 0 Å². The summed E-state index contributed by atoms with van der Waals surface area (Å²) < 4.78 is 40.2. The zero-order valence-electron chi connectivity index (χ0n) is 13.0. The predicted molar refractivity (Wildman–Crippen MR) is 82.7 cm³/mol. The van der Waals surface area contributed by atoms with Crippen LogP contribution in [0.25, 0.3) is 0 Å². The van der Waals surface area contributed by atoms with E-state index in [-0.39, 0.29) is 22.9 Å². The zero-order chi connectivity index (χ0) is 16.8. The number of benzene rings is 1. The van der Waals surface area contributed by atoms with Gasteiger partial charge >= 0.3 is 5.97 Å². The van der Waals surface area contributed by atoms with E-state index in [0.717, 1.165) is 12.8 Å². The van der Waals surface area contributed by atoms with Crippen LogP contribution in [-0.2, 0) is 16.4 Å². The molecule has 3 rings (SSSR count). The number of hydrogen-bond donors (Lipinski definition) is 1. The second-order valence-electron chi connectivity index (χ2n) is 6.51. The smallest absolute Gasteiger partial charge is 0.336 e. The first-order valence-electron chi connectivity index (χ1n) is 7.76. The van der Waals surface area contributed by atoms with Crippen molar-refractivity contribution in [1.29, 1.82) is 0 Å². The van der Waals surface area contributed by atoms with E-state index in [0.29, 0.717) is 18.5 Å². The fraction of sp³-hybridized carbons (Fsp3) is 0.562. The highest BCUT2D eigenvalue weighted by Crippen LogP contribution is 2.53. The van der Waals surface area contributed by atoms with Gasteiger partial charge in [-0.3, -0.25) is 4.39 Å². The van der Waals surface area contributed by atoms with E-state index in [2.05, 4.69) is 0 Å². The first kappa shape index (κ1) is 16.4. The number of nitrogens with zero attached hydrogens (tertiary/aromatic N) is 1. The Morgan fingerprint density at radius 3 is 2.70 bits per heavy atom. The SMILES string of the molecule is CCc1ccc(S(=O)(=O)N2C[C@@H]3CC[C@]3(CF)C2)cc1C(=O)O. The summed E-state index contributed by atoms with van der Waals surface area (Å²) in [6, 6.07) is 4.22. The standard InChI is InChI=1S/C16H20FNO4S/c1-2-11-3-4-13(7-14(11)15(19)20)23(21,22)18-8-12-5-6-16(12,9-17)10-18/h3-4,7,12H,2,5-6,8-10H2,1H3,(H,19,20)/t12-,16-/m0/s1. The van der Waals surface area contributed by atoms with Gasteiger partial charge in [0.15, 0.2) is 0 Å². The van der Waals surface area contributed by atoms with Crippen LogP contribution in [0.4, 0.5) is 4.39 Å². The first-order chi connectivity index (χ1) is 10.8. The fourth-order valence-electron chi connectivity index (χ4n) is 3.69. The predicted octanol–water partition coefficient (Wildman–Crippen LogP) is 2.32. The number of carbonyl (C=O) groups is 1. The van der Waals surface area contributed by atoms with Crippen molar-refractivity contribution in [2.45, 2.75) is 31.1 Å². The molecule has 1 saturated heterocycles. The maximum atomic E-state index is 13.3. The van der Waals surface area contributed by atoms with E-state index < -0.39 is 28.1 Å². The molecule has 2 aliphatic rings. The molecule has 5 nitrogen and oxygen atoms in total. The second kappa shape index (κ2) is 5.56. The van der Waals surface area contributed by atoms with Crippen LogP contribution in [0.3, 0.4) is 0 Å².